The number of sulfonamides is 2. The average molecular weight is 924 g/mol. The van der Waals surface area contributed by atoms with Crippen LogP contribution in [0.3, 0.4) is 0 Å². The smallest absolute Gasteiger partial charge is 0.208 e. The highest BCUT2D eigenvalue weighted by atomic mass is 79.9. The van der Waals surface area contributed by atoms with Gasteiger partial charge in [0, 0.05) is 86.4 Å². The molecule has 16 nitrogen and oxygen atoms in total. The topological polar surface area (TPSA) is 184 Å². The fourth-order valence-corrected chi connectivity index (χ4v) is 8.91. The van der Waals surface area contributed by atoms with Gasteiger partial charge >= 0.3 is 0 Å². The van der Waals surface area contributed by atoms with Crippen LogP contribution in [0.25, 0.3) is 21.8 Å². The highest BCUT2D eigenvalue weighted by molar-refractivity contribution is 9.10. The maximum atomic E-state index is 11.4. The van der Waals surface area contributed by atoms with E-state index in [1.807, 2.05) is 18.2 Å². The van der Waals surface area contributed by atoms with Crippen molar-refractivity contribution in [2.45, 2.75) is 40.5 Å². The molecule has 4 fully saturated rings. The summed E-state index contributed by atoms with van der Waals surface area (Å²) in [7, 11) is -6.31. The molecule has 4 saturated heterocycles. The van der Waals surface area contributed by atoms with Gasteiger partial charge in [-0.25, -0.2) is 46.2 Å². The Bertz CT molecular complexity index is 2130. The number of rotatable bonds is 9. The molecule has 0 amide bonds. The molecule has 19 heteroatoms. The van der Waals surface area contributed by atoms with Crippen LogP contribution < -0.4 is 29.5 Å². The van der Waals surface area contributed by atoms with E-state index in [0.29, 0.717) is 13.1 Å². The first kappa shape index (κ1) is 48.4. The molecule has 2 aromatic heterocycles. The lowest BCUT2D eigenvalue weighted by Crippen LogP contribution is -2.41. The number of benzene rings is 2. The standard InChI is InChI=1S/C19H27N5O3S.C15H19BrN4O2S.C4H9NO.2CH4/c1-28(25,26)22-12-15-3-2-6-24(13-15)19-17-11-16(23-7-9-27-10-8-23)4-5-18(17)20-14-21-19;1-23(21,22)19-8-11-3-2-6-20(9-11)15-13-7-12(16)4-5-14(13)17-10-18-15;1-3-6-4-2-5-1;;/h4-5,11,14-15,22H,2-3,6-10,12-13H2,1H3;4-5,7,10-11,19H,2-3,6,8-9H2,1H3;5H,1-4H2;2*1H4. The molecule has 4 aliphatic heterocycles. The van der Waals surface area contributed by atoms with Crippen molar-refractivity contribution >= 4 is 75.1 Å². The minimum Gasteiger partial charge on any atom is -0.379 e. The van der Waals surface area contributed by atoms with Crippen molar-refractivity contribution in [3.63, 3.8) is 0 Å². The number of anilines is 3. The SMILES string of the molecule is C.C.C1COCCN1.CS(=O)(=O)NCC1CCCN(c2ncnc3ccc(Br)cc23)C1.CS(=O)(=O)NCC1CCCN(c2ncnc3ccc(N4CCOCC4)cc23)C1. The van der Waals surface area contributed by atoms with Gasteiger partial charge < -0.3 is 29.5 Å². The molecular weight excluding hydrogens is 861 g/mol. The van der Waals surface area contributed by atoms with Crippen molar-refractivity contribution in [2.75, 3.05) is 119 Å². The lowest BCUT2D eigenvalue weighted by atomic mass is 9.98. The van der Waals surface area contributed by atoms with Crippen LogP contribution in [0.15, 0.2) is 53.5 Å². The van der Waals surface area contributed by atoms with Gasteiger partial charge in [0.2, 0.25) is 20.0 Å². The molecule has 0 spiro atoms. The fourth-order valence-electron chi connectivity index (χ4n) is 7.47. The first-order valence-electron chi connectivity index (χ1n) is 19.6. The number of piperidine rings is 2. The second-order valence-corrected chi connectivity index (χ2v) is 19.5. The Morgan fingerprint density at radius 2 is 1.17 bits per heavy atom. The van der Waals surface area contributed by atoms with E-state index >= 15 is 0 Å². The highest BCUT2D eigenvalue weighted by Gasteiger charge is 2.25. The number of aromatic nitrogens is 4. The maximum absolute atomic E-state index is 11.4. The van der Waals surface area contributed by atoms with E-state index in [9.17, 15) is 16.8 Å². The molecule has 0 radical (unpaired) electrons. The summed E-state index contributed by atoms with van der Waals surface area (Å²) < 4.78 is 62.2. The third kappa shape index (κ3) is 15.0. The Morgan fingerprint density at radius 3 is 1.64 bits per heavy atom. The van der Waals surface area contributed by atoms with E-state index in [1.54, 1.807) is 12.7 Å². The van der Waals surface area contributed by atoms with Crippen LogP contribution in [0.2, 0.25) is 0 Å². The van der Waals surface area contributed by atoms with Gasteiger partial charge in [-0.15, -0.1) is 0 Å². The Morgan fingerprint density at radius 1 is 0.678 bits per heavy atom. The Kier molecular flexibility index (Phi) is 18.9. The molecule has 59 heavy (non-hydrogen) atoms. The summed E-state index contributed by atoms with van der Waals surface area (Å²) in [5, 5.41) is 5.22. The van der Waals surface area contributed by atoms with Gasteiger partial charge in [0.15, 0.2) is 0 Å². The number of nitrogens with zero attached hydrogens (tertiary/aromatic N) is 7. The van der Waals surface area contributed by atoms with E-state index in [-0.39, 0.29) is 26.7 Å². The third-order valence-electron chi connectivity index (χ3n) is 10.3. The van der Waals surface area contributed by atoms with Crippen molar-refractivity contribution < 1.29 is 26.3 Å². The van der Waals surface area contributed by atoms with Crippen LogP contribution in [0, 0.1) is 11.8 Å². The number of ether oxygens (including phenoxy) is 2. The molecular formula is C40H63BrN10O6S2. The monoisotopic (exact) mass is 922 g/mol. The molecule has 3 N–H and O–H groups in total. The first-order chi connectivity index (χ1) is 27.4. The molecule has 2 aromatic carbocycles. The molecule has 6 heterocycles. The minimum atomic E-state index is -3.17. The lowest BCUT2D eigenvalue weighted by molar-refractivity contribution is 0.109. The molecule has 8 rings (SSSR count). The van der Waals surface area contributed by atoms with Crippen LogP contribution in [-0.4, -0.2) is 141 Å². The Hall–Kier alpha value is -3.30. The number of morpholine rings is 2. The number of hydrogen-bond donors (Lipinski definition) is 3. The second kappa shape index (κ2) is 23.1. The molecule has 2 atom stereocenters. The molecule has 328 valence electrons. The third-order valence-corrected chi connectivity index (χ3v) is 12.2. The van der Waals surface area contributed by atoms with Crippen LogP contribution in [0.4, 0.5) is 17.3 Å². The zero-order chi connectivity index (χ0) is 40.3. The summed E-state index contributed by atoms with van der Waals surface area (Å²) in [6.45, 7) is 11.5. The Labute approximate surface area is 359 Å². The minimum absolute atomic E-state index is 0. The summed E-state index contributed by atoms with van der Waals surface area (Å²) >= 11 is 3.50. The quantitative estimate of drug-likeness (QED) is 0.216. The maximum Gasteiger partial charge on any atom is 0.208 e. The highest BCUT2D eigenvalue weighted by Crippen LogP contribution is 2.31. The fraction of sp³-hybridized carbons (Fsp3) is 0.600. The molecule has 4 aromatic rings. The number of nitrogens with one attached hydrogen (secondary N) is 3. The van der Waals surface area contributed by atoms with Crippen LogP contribution in [-0.2, 0) is 29.5 Å². The molecule has 2 unspecified atom stereocenters. The van der Waals surface area contributed by atoms with Gasteiger partial charge in [0.1, 0.15) is 24.3 Å². The van der Waals surface area contributed by atoms with E-state index in [0.717, 1.165) is 142 Å². The van der Waals surface area contributed by atoms with Gasteiger partial charge in [0.05, 0.1) is 50.0 Å². The van der Waals surface area contributed by atoms with Crippen molar-refractivity contribution in [1.29, 1.82) is 0 Å². The van der Waals surface area contributed by atoms with Crippen molar-refractivity contribution in [3.05, 3.63) is 53.5 Å². The number of fused-ring (bicyclic) bond motifs is 2. The van der Waals surface area contributed by atoms with E-state index in [4.69, 9.17) is 9.47 Å². The molecule has 4 aliphatic rings. The summed E-state index contributed by atoms with van der Waals surface area (Å²) in [6.07, 6.45) is 9.68. The molecule has 0 bridgehead atoms. The molecule has 0 saturated carbocycles. The van der Waals surface area contributed by atoms with E-state index in [2.05, 4.69) is 83.5 Å². The second-order valence-electron chi connectivity index (χ2n) is 14.9. The normalized spacial score (nSPS) is 20.0. The largest absolute Gasteiger partial charge is 0.379 e. The van der Waals surface area contributed by atoms with Gasteiger partial charge in [-0.1, -0.05) is 30.8 Å². The molecule has 0 aliphatic carbocycles. The van der Waals surface area contributed by atoms with Crippen LogP contribution >= 0.6 is 15.9 Å². The predicted octanol–water partition coefficient (Wildman–Crippen LogP) is 4.27. The first-order valence-corrected chi connectivity index (χ1v) is 24.1. The zero-order valence-electron chi connectivity index (χ0n) is 32.8. The summed E-state index contributed by atoms with van der Waals surface area (Å²) in [6, 6.07) is 12.3. The average Bonchev–Trinajstić information content (AvgIpc) is 3.23. The van der Waals surface area contributed by atoms with Gasteiger partial charge in [-0.3, -0.25) is 0 Å². The zero-order valence-corrected chi connectivity index (χ0v) is 36.0. The van der Waals surface area contributed by atoms with Crippen LogP contribution in [0.5, 0.6) is 0 Å². The van der Waals surface area contributed by atoms with E-state index < -0.39 is 20.0 Å². The van der Waals surface area contributed by atoms with Gasteiger partial charge in [-0.2, -0.15) is 0 Å². The van der Waals surface area contributed by atoms with Gasteiger partial charge in [0.25, 0.3) is 0 Å². The number of halogens is 1. The number of hydrogen-bond acceptors (Lipinski definition) is 14. The summed E-state index contributed by atoms with van der Waals surface area (Å²) in [5.74, 6) is 2.41. The predicted molar refractivity (Wildman–Crippen MR) is 243 cm³/mol. The lowest BCUT2D eigenvalue weighted by Gasteiger charge is -2.34. The summed E-state index contributed by atoms with van der Waals surface area (Å²) in [4.78, 5) is 24.6. The van der Waals surface area contributed by atoms with Crippen molar-refractivity contribution in [2.24, 2.45) is 11.8 Å². The summed E-state index contributed by atoms with van der Waals surface area (Å²) in [5.41, 5.74) is 3.01. The van der Waals surface area contributed by atoms with E-state index in [1.165, 1.54) is 18.2 Å². The van der Waals surface area contributed by atoms with Crippen molar-refractivity contribution in [1.82, 2.24) is 34.7 Å². The Balaban J connectivity index is 0.000000224. The van der Waals surface area contributed by atoms with Gasteiger partial charge in [-0.05, 0) is 73.9 Å². The van der Waals surface area contributed by atoms with Crippen LogP contribution in [0.1, 0.15) is 40.5 Å². The van der Waals surface area contributed by atoms with Crippen molar-refractivity contribution in [3.8, 4) is 0 Å².